The summed E-state index contributed by atoms with van der Waals surface area (Å²) in [4.78, 5) is 3.34. The van der Waals surface area contributed by atoms with Crippen molar-refractivity contribution in [3.63, 3.8) is 0 Å². The quantitative estimate of drug-likeness (QED) is 0.639. The molecule has 0 atom stereocenters. The van der Waals surface area contributed by atoms with Crippen molar-refractivity contribution in [2.45, 2.75) is 49.4 Å². The lowest BCUT2D eigenvalue weighted by Crippen LogP contribution is -2.02. The Morgan fingerprint density at radius 2 is 1.65 bits per heavy atom. The molecule has 0 aliphatic heterocycles. The maximum absolute atomic E-state index is 4.34. The van der Waals surface area contributed by atoms with Crippen LogP contribution in [0.2, 0.25) is 0 Å². The molecule has 0 bridgehead atoms. The summed E-state index contributed by atoms with van der Waals surface area (Å²) in [5.74, 6) is 1.65. The van der Waals surface area contributed by atoms with Gasteiger partial charge < -0.3 is 10.3 Å². The fourth-order valence-electron chi connectivity index (χ4n) is 4.18. The van der Waals surface area contributed by atoms with Gasteiger partial charge in [-0.3, -0.25) is 0 Å². The minimum atomic E-state index is 0.759. The van der Waals surface area contributed by atoms with E-state index in [9.17, 15) is 0 Å². The fraction of sp³-hybridized carbons (Fsp3) is 0.333. The third-order valence-corrected chi connectivity index (χ3v) is 6.34. The van der Waals surface area contributed by atoms with E-state index in [4.69, 9.17) is 0 Å². The van der Waals surface area contributed by atoms with Crippen molar-refractivity contribution < 1.29 is 0 Å². The topological polar surface area (TPSA) is 53.6 Å². The van der Waals surface area contributed by atoms with Gasteiger partial charge in [0.2, 0.25) is 5.95 Å². The number of nitrogens with zero attached hydrogens (tertiary/aromatic N) is 2. The highest BCUT2D eigenvalue weighted by Crippen LogP contribution is 2.39. The Balaban J connectivity index is 1.36. The van der Waals surface area contributed by atoms with Gasteiger partial charge >= 0.3 is 0 Å². The molecule has 0 unspecified atom stereocenters. The molecule has 3 aromatic rings. The molecule has 5 rings (SSSR count). The average molecular weight is 363 g/mol. The van der Waals surface area contributed by atoms with Crippen LogP contribution in [0.5, 0.6) is 0 Å². The number of aryl methyl sites for hydroxylation is 2. The lowest BCUT2D eigenvalue weighted by Gasteiger charge is -2.15. The Morgan fingerprint density at radius 1 is 0.923 bits per heavy atom. The van der Waals surface area contributed by atoms with Gasteiger partial charge in [0.25, 0.3) is 0 Å². The number of rotatable bonds is 5. The molecule has 2 aliphatic rings. The Kier molecular flexibility index (Phi) is 4.17. The first-order valence-electron chi connectivity index (χ1n) is 9.40. The van der Waals surface area contributed by atoms with Crippen LogP contribution in [0, 0.1) is 0 Å². The van der Waals surface area contributed by atoms with E-state index < -0.39 is 0 Å². The second-order valence-electron chi connectivity index (χ2n) is 7.11. The van der Waals surface area contributed by atoms with E-state index in [1.807, 2.05) is 6.07 Å². The first kappa shape index (κ1) is 15.9. The molecule has 2 aliphatic carbocycles. The number of aromatic amines is 1. The highest BCUT2D eigenvalue weighted by molar-refractivity contribution is 7.98. The van der Waals surface area contributed by atoms with Crippen molar-refractivity contribution in [2.75, 3.05) is 5.32 Å². The molecule has 0 amide bonds. The van der Waals surface area contributed by atoms with Gasteiger partial charge in [-0.1, -0.05) is 48.2 Å². The predicted octanol–water partition coefficient (Wildman–Crippen LogP) is 4.82. The molecular weight excluding hydrogens is 340 g/mol. The molecule has 0 radical (unpaired) electrons. The second kappa shape index (κ2) is 6.80. The van der Waals surface area contributed by atoms with Crippen molar-refractivity contribution in [3.05, 3.63) is 64.2 Å². The van der Waals surface area contributed by atoms with Crippen molar-refractivity contribution in [2.24, 2.45) is 0 Å². The standard InChI is InChI=1S/C21H22N4S/c1-2-6-14(7-3-1)13-26-21-23-20(24-25-21)22-19-17-10-4-8-15(17)12-16-9-5-11-18(16)19/h1-3,6-7,12H,4-5,8-11,13H2,(H2,22,23,24,25). The Bertz CT molecular complexity index is 900. The minimum absolute atomic E-state index is 0.759. The molecule has 0 spiro atoms. The Morgan fingerprint density at radius 3 is 2.38 bits per heavy atom. The van der Waals surface area contributed by atoms with Crippen LogP contribution in [0.25, 0.3) is 0 Å². The maximum Gasteiger partial charge on any atom is 0.227 e. The normalized spacial score (nSPS) is 15.1. The number of thioether (sulfide) groups is 1. The summed E-state index contributed by atoms with van der Waals surface area (Å²) in [6, 6.07) is 12.9. The minimum Gasteiger partial charge on any atom is -0.324 e. The number of H-pyrrole nitrogens is 1. The zero-order valence-electron chi connectivity index (χ0n) is 14.7. The highest BCUT2D eigenvalue weighted by Gasteiger charge is 2.24. The summed E-state index contributed by atoms with van der Waals surface area (Å²) in [6.45, 7) is 0. The lowest BCUT2D eigenvalue weighted by atomic mass is 9.99. The van der Waals surface area contributed by atoms with Crippen LogP contribution < -0.4 is 5.32 Å². The third kappa shape index (κ3) is 3.01. The van der Waals surface area contributed by atoms with Gasteiger partial charge in [0, 0.05) is 11.4 Å². The number of aromatic nitrogens is 3. The number of anilines is 2. The van der Waals surface area contributed by atoms with E-state index in [0.717, 1.165) is 16.9 Å². The van der Waals surface area contributed by atoms with Crippen LogP contribution in [0.1, 0.15) is 40.7 Å². The van der Waals surface area contributed by atoms with Crippen LogP contribution in [-0.4, -0.2) is 15.2 Å². The highest BCUT2D eigenvalue weighted by atomic mass is 32.2. The number of nitrogens with one attached hydrogen (secondary N) is 2. The zero-order chi connectivity index (χ0) is 17.3. The molecule has 0 saturated heterocycles. The smallest absolute Gasteiger partial charge is 0.227 e. The van der Waals surface area contributed by atoms with E-state index in [2.05, 4.69) is 50.8 Å². The van der Waals surface area contributed by atoms with Gasteiger partial charge in [-0.15, -0.1) is 10.2 Å². The monoisotopic (exact) mass is 362 g/mol. The van der Waals surface area contributed by atoms with Crippen LogP contribution in [0.15, 0.2) is 41.6 Å². The van der Waals surface area contributed by atoms with Crippen LogP contribution in [0.4, 0.5) is 11.6 Å². The van der Waals surface area contributed by atoms with Crippen LogP contribution in [-0.2, 0) is 31.4 Å². The van der Waals surface area contributed by atoms with E-state index >= 15 is 0 Å². The van der Waals surface area contributed by atoms with Crippen LogP contribution >= 0.6 is 11.8 Å². The van der Waals surface area contributed by atoms with Gasteiger partial charge in [0.15, 0.2) is 5.16 Å². The average Bonchev–Trinajstić information content (AvgIpc) is 3.41. The fourth-order valence-corrected chi connectivity index (χ4v) is 4.94. The van der Waals surface area contributed by atoms with Gasteiger partial charge in [0.1, 0.15) is 0 Å². The summed E-state index contributed by atoms with van der Waals surface area (Å²) >= 11 is 1.69. The summed E-state index contributed by atoms with van der Waals surface area (Å²) in [6.07, 6.45) is 7.31. The Hall–Kier alpha value is -2.27. The van der Waals surface area contributed by atoms with E-state index in [1.54, 1.807) is 11.8 Å². The second-order valence-corrected chi connectivity index (χ2v) is 8.08. The maximum atomic E-state index is 4.34. The van der Waals surface area contributed by atoms with Gasteiger partial charge in [-0.25, -0.2) is 0 Å². The third-order valence-electron chi connectivity index (χ3n) is 5.40. The molecule has 1 heterocycles. The zero-order valence-corrected chi connectivity index (χ0v) is 15.5. The van der Waals surface area contributed by atoms with Crippen molar-refractivity contribution >= 4 is 23.4 Å². The van der Waals surface area contributed by atoms with Gasteiger partial charge in [-0.2, -0.15) is 0 Å². The summed E-state index contributed by atoms with van der Waals surface area (Å²) < 4.78 is 0. The van der Waals surface area contributed by atoms with E-state index in [0.29, 0.717) is 0 Å². The van der Waals surface area contributed by atoms with Gasteiger partial charge in [-0.05, 0) is 66.3 Å². The summed E-state index contributed by atoms with van der Waals surface area (Å²) in [5.41, 5.74) is 8.67. The first-order valence-corrected chi connectivity index (χ1v) is 10.4. The Labute approximate surface area is 157 Å². The van der Waals surface area contributed by atoms with Crippen LogP contribution in [0.3, 0.4) is 0 Å². The van der Waals surface area contributed by atoms with Crippen molar-refractivity contribution in [1.82, 2.24) is 15.2 Å². The number of hydrogen-bond acceptors (Lipinski definition) is 4. The largest absolute Gasteiger partial charge is 0.324 e. The summed E-state index contributed by atoms with van der Waals surface area (Å²) in [7, 11) is 0. The molecule has 0 saturated carbocycles. The first-order chi connectivity index (χ1) is 12.9. The number of fused-ring (bicyclic) bond motifs is 2. The molecule has 5 heteroatoms. The van der Waals surface area contributed by atoms with E-state index in [1.165, 1.54) is 72.0 Å². The molecule has 0 fully saturated rings. The molecule has 2 aromatic carbocycles. The van der Waals surface area contributed by atoms with Crippen molar-refractivity contribution in [1.29, 1.82) is 0 Å². The number of hydrogen-bond donors (Lipinski definition) is 2. The molecule has 132 valence electrons. The molecule has 1 aromatic heterocycles. The molecular formula is C21H22N4S. The summed E-state index contributed by atoms with van der Waals surface area (Å²) in [5, 5.41) is 13.1. The SMILES string of the molecule is c1ccc(CSc2nnc(Nc3c4c(cc5c3CCC5)CCC4)[nH]2)cc1. The lowest BCUT2D eigenvalue weighted by molar-refractivity contribution is 0.898. The molecule has 2 N–H and O–H groups in total. The van der Waals surface area contributed by atoms with Gasteiger partial charge in [0.05, 0.1) is 0 Å². The van der Waals surface area contributed by atoms with Crippen molar-refractivity contribution in [3.8, 4) is 0 Å². The molecule has 4 nitrogen and oxygen atoms in total. The number of benzene rings is 2. The predicted molar refractivity (Wildman–Crippen MR) is 106 cm³/mol. The van der Waals surface area contributed by atoms with E-state index in [-0.39, 0.29) is 0 Å². The molecule has 26 heavy (non-hydrogen) atoms.